The first-order chi connectivity index (χ1) is 8.22. The van der Waals surface area contributed by atoms with Crippen LogP contribution in [0.5, 0.6) is 0 Å². The van der Waals surface area contributed by atoms with Crippen LogP contribution in [-0.4, -0.2) is 34.4 Å². The maximum atomic E-state index is 11.9. The summed E-state index contributed by atoms with van der Waals surface area (Å²) in [6.07, 6.45) is 0.290. The van der Waals surface area contributed by atoms with Crippen molar-refractivity contribution in [1.82, 2.24) is 14.8 Å². The van der Waals surface area contributed by atoms with Crippen molar-refractivity contribution in [3.63, 3.8) is 0 Å². The van der Waals surface area contributed by atoms with E-state index in [1.54, 1.807) is 0 Å². The molecule has 0 bridgehead atoms. The average molecular weight is 246 g/mol. The molecule has 1 fully saturated rings. The van der Waals surface area contributed by atoms with E-state index in [4.69, 9.17) is 10.5 Å². The van der Waals surface area contributed by atoms with Crippen LogP contribution in [0.3, 0.4) is 0 Å². The smallest absolute Gasteiger partial charge is 0.261 e. The zero-order chi connectivity index (χ0) is 12.3. The monoisotopic (exact) mass is 246 g/mol. The summed E-state index contributed by atoms with van der Waals surface area (Å²) in [5, 5.41) is 8.02. The highest BCUT2D eigenvalue weighted by atomic mass is 19.3. The van der Waals surface area contributed by atoms with Gasteiger partial charge in [0.1, 0.15) is 18.3 Å². The lowest BCUT2D eigenvalue weighted by molar-refractivity contribution is 0.0181. The molecule has 0 unspecified atom stereocenters. The zero-order valence-corrected chi connectivity index (χ0v) is 9.48. The minimum absolute atomic E-state index is 0.236. The van der Waals surface area contributed by atoms with Gasteiger partial charge in [-0.2, -0.15) is 0 Å². The standard InChI is InChI=1S/C10H16F2N4O/c11-8(12)6-17-4-3-9-14-15-10(5-13)16(9)7-1-2-7/h7-8H,1-6,13H2. The van der Waals surface area contributed by atoms with Crippen molar-refractivity contribution in [3.05, 3.63) is 11.6 Å². The fourth-order valence-corrected chi connectivity index (χ4v) is 1.76. The quantitative estimate of drug-likeness (QED) is 0.726. The minimum atomic E-state index is -2.42. The van der Waals surface area contributed by atoms with E-state index >= 15 is 0 Å². The third-order valence-corrected chi connectivity index (χ3v) is 2.65. The lowest BCUT2D eigenvalue weighted by Gasteiger charge is -2.08. The van der Waals surface area contributed by atoms with Crippen LogP contribution in [0.25, 0.3) is 0 Å². The molecule has 1 aliphatic carbocycles. The first kappa shape index (κ1) is 12.4. The van der Waals surface area contributed by atoms with E-state index in [2.05, 4.69) is 10.2 Å². The fraction of sp³-hybridized carbons (Fsp3) is 0.800. The van der Waals surface area contributed by atoms with Gasteiger partial charge in [0.05, 0.1) is 13.2 Å². The van der Waals surface area contributed by atoms with Crippen molar-refractivity contribution in [3.8, 4) is 0 Å². The van der Waals surface area contributed by atoms with Crippen LogP contribution in [0.2, 0.25) is 0 Å². The van der Waals surface area contributed by atoms with E-state index in [1.807, 2.05) is 4.57 Å². The van der Waals surface area contributed by atoms with Crippen LogP contribution in [-0.2, 0) is 17.7 Å². The predicted octanol–water partition coefficient (Wildman–Crippen LogP) is 0.896. The number of aromatic nitrogens is 3. The number of rotatable bonds is 7. The van der Waals surface area contributed by atoms with Crippen molar-refractivity contribution < 1.29 is 13.5 Å². The number of alkyl halides is 2. The van der Waals surface area contributed by atoms with Crippen LogP contribution in [0.1, 0.15) is 30.5 Å². The first-order valence-electron chi connectivity index (χ1n) is 5.71. The van der Waals surface area contributed by atoms with Gasteiger partial charge in [0.15, 0.2) is 0 Å². The molecule has 1 aliphatic rings. The topological polar surface area (TPSA) is 66.0 Å². The molecule has 0 saturated heterocycles. The number of nitrogens with two attached hydrogens (primary N) is 1. The van der Waals surface area contributed by atoms with Crippen LogP contribution in [0.15, 0.2) is 0 Å². The van der Waals surface area contributed by atoms with Crippen LogP contribution in [0, 0.1) is 0 Å². The molecule has 2 rings (SSSR count). The Morgan fingerprint density at radius 3 is 2.65 bits per heavy atom. The summed E-state index contributed by atoms with van der Waals surface area (Å²) in [6, 6.07) is 0.439. The minimum Gasteiger partial charge on any atom is -0.375 e. The van der Waals surface area contributed by atoms with Crippen molar-refractivity contribution in [2.24, 2.45) is 5.73 Å². The molecule has 2 N–H and O–H groups in total. The molecular weight excluding hydrogens is 230 g/mol. The summed E-state index contributed by atoms with van der Waals surface area (Å²) in [7, 11) is 0. The second-order valence-electron chi connectivity index (χ2n) is 4.05. The Morgan fingerprint density at radius 1 is 1.35 bits per heavy atom. The van der Waals surface area contributed by atoms with E-state index in [0.717, 1.165) is 24.5 Å². The highest BCUT2D eigenvalue weighted by molar-refractivity contribution is 5.02. The fourth-order valence-electron chi connectivity index (χ4n) is 1.76. The van der Waals surface area contributed by atoms with Gasteiger partial charge in [-0.05, 0) is 12.8 Å². The zero-order valence-electron chi connectivity index (χ0n) is 9.48. The number of halogens is 2. The second-order valence-corrected chi connectivity index (χ2v) is 4.05. The van der Waals surface area contributed by atoms with Crippen molar-refractivity contribution in [2.45, 2.75) is 38.3 Å². The molecule has 0 aromatic carbocycles. The lowest BCUT2D eigenvalue weighted by Crippen LogP contribution is -2.13. The Hall–Kier alpha value is -1.08. The second kappa shape index (κ2) is 5.50. The molecule has 0 amide bonds. The Bertz CT molecular complexity index is 365. The third kappa shape index (κ3) is 3.19. The third-order valence-electron chi connectivity index (χ3n) is 2.65. The highest BCUT2D eigenvalue weighted by Crippen LogP contribution is 2.36. The molecule has 1 aromatic heterocycles. The molecule has 0 atom stereocenters. The maximum Gasteiger partial charge on any atom is 0.261 e. The number of ether oxygens (including phenoxy) is 1. The Morgan fingerprint density at radius 2 is 2.06 bits per heavy atom. The van der Waals surface area contributed by atoms with Gasteiger partial charge in [-0.15, -0.1) is 10.2 Å². The van der Waals surface area contributed by atoms with Crippen LogP contribution >= 0.6 is 0 Å². The summed E-state index contributed by atoms with van der Waals surface area (Å²) in [5.41, 5.74) is 5.57. The van der Waals surface area contributed by atoms with Crippen molar-refractivity contribution >= 4 is 0 Å². The summed E-state index contributed by atoms with van der Waals surface area (Å²) in [6.45, 7) is 0.0580. The van der Waals surface area contributed by atoms with Gasteiger partial charge < -0.3 is 15.0 Å². The summed E-state index contributed by atoms with van der Waals surface area (Å²) < 4.78 is 30.6. The number of nitrogens with zero attached hydrogens (tertiary/aromatic N) is 3. The van der Waals surface area contributed by atoms with E-state index < -0.39 is 13.0 Å². The molecule has 0 radical (unpaired) electrons. The average Bonchev–Trinajstić information content (AvgIpc) is 3.05. The molecule has 1 saturated carbocycles. The molecule has 96 valence electrons. The van der Waals surface area contributed by atoms with Gasteiger partial charge in [-0.1, -0.05) is 0 Å². The van der Waals surface area contributed by atoms with Crippen molar-refractivity contribution in [1.29, 1.82) is 0 Å². The molecule has 0 aliphatic heterocycles. The van der Waals surface area contributed by atoms with Gasteiger partial charge in [-0.25, -0.2) is 8.78 Å². The van der Waals surface area contributed by atoms with Crippen LogP contribution < -0.4 is 5.73 Å². The van der Waals surface area contributed by atoms with Crippen LogP contribution in [0.4, 0.5) is 8.78 Å². The van der Waals surface area contributed by atoms with Gasteiger partial charge in [0, 0.05) is 12.5 Å². The molecule has 7 heteroatoms. The highest BCUT2D eigenvalue weighted by Gasteiger charge is 2.28. The lowest BCUT2D eigenvalue weighted by atomic mass is 10.4. The van der Waals surface area contributed by atoms with Gasteiger partial charge >= 0.3 is 0 Å². The van der Waals surface area contributed by atoms with E-state index in [0.29, 0.717) is 19.0 Å². The molecule has 5 nitrogen and oxygen atoms in total. The molecular formula is C10H16F2N4O. The number of hydrogen-bond acceptors (Lipinski definition) is 4. The summed E-state index contributed by atoms with van der Waals surface area (Å²) in [5.74, 6) is 1.54. The summed E-state index contributed by atoms with van der Waals surface area (Å²) >= 11 is 0. The normalized spacial score (nSPS) is 15.8. The molecule has 0 spiro atoms. The summed E-state index contributed by atoms with van der Waals surface area (Å²) in [4.78, 5) is 0. The molecule has 1 heterocycles. The Labute approximate surface area is 98.0 Å². The van der Waals surface area contributed by atoms with Gasteiger partial charge in [-0.3, -0.25) is 0 Å². The largest absolute Gasteiger partial charge is 0.375 e. The maximum absolute atomic E-state index is 11.9. The van der Waals surface area contributed by atoms with Crippen molar-refractivity contribution in [2.75, 3.05) is 13.2 Å². The Balaban J connectivity index is 1.89. The first-order valence-corrected chi connectivity index (χ1v) is 5.71. The molecule has 1 aromatic rings. The van der Waals surface area contributed by atoms with Gasteiger partial charge in [0.25, 0.3) is 6.43 Å². The van der Waals surface area contributed by atoms with E-state index in [-0.39, 0.29) is 6.61 Å². The van der Waals surface area contributed by atoms with E-state index in [9.17, 15) is 8.78 Å². The van der Waals surface area contributed by atoms with Gasteiger partial charge in [0.2, 0.25) is 0 Å². The van der Waals surface area contributed by atoms with E-state index in [1.165, 1.54) is 0 Å². The number of hydrogen-bond donors (Lipinski definition) is 1. The Kier molecular flexibility index (Phi) is 4.01. The predicted molar refractivity (Wildman–Crippen MR) is 56.7 cm³/mol. The SMILES string of the molecule is NCc1nnc(CCOCC(F)F)n1C1CC1. The molecule has 17 heavy (non-hydrogen) atoms.